The van der Waals surface area contributed by atoms with Gasteiger partial charge in [0.15, 0.2) is 0 Å². The molecule has 1 aromatic rings. The monoisotopic (exact) mass is 176 g/mol. The SMILES string of the molecule is CCn1c(C)nnc1C.[V]. The van der Waals surface area contributed by atoms with Crippen LogP contribution in [-0.4, -0.2) is 14.8 Å². The van der Waals surface area contributed by atoms with Crippen LogP contribution in [0.2, 0.25) is 0 Å². The second-order valence-electron chi connectivity index (χ2n) is 2.04. The van der Waals surface area contributed by atoms with Gasteiger partial charge in [0.05, 0.1) is 0 Å². The predicted octanol–water partition coefficient (Wildman–Crippen LogP) is 0.912. The molecule has 0 unspecified atom stereocenters. The minimum absolute atomic E-state index is 0. The van der Waals surface area contributed by atoms with E-state index in [4.69, 9.17) is 0 Å². The van der Waals surface area contributed by atoms with Crippen LogP contribution in [0.5, 0.6) is 0 Å². The van der Waals surface area contributed by atoms with Crippen molar-refractivity contribution >= 4 is 0 Å². The van der Waals surface area contributed by atoms with Crippen LogP contribution in [0.1, 0.15) is 18.6 Å². The van der Waals surface area contributed by atoms with E-state index in [1.165, 1.54) is 0 Å². The molecule has 10 heavy (non-hydrogen) atoms. The predicted molar refractivity (Wildman–Crippen MR) is 35.2 cm³/mol. The Morgan fingerprint density at radius 3 is 1.80 bits per heavy atom. The minimum Gasteiger partial charge on any atom is -0.316 e. The first kappa shape index (κ1) is 9.72. The molecule has 3 nitrogen and oxygen atoms in total. The maximum atomic E-state index is 3.90. The van der Waals surface area contributed by atoms with Gasteiger partial charge in [0, 0.05) is 25.1 Å². The minimum atomic E-state index is 0. The van der Waals surface area contributed by atoms with Gasteiger partial charge in [0.2, 0.25) is 0 Å². The summed E-state index contributed by atoms with van der Waals surface area (Å²) in [6.07, 6.45) is 0. The van der Waals surface area contributed by atoms with Gasteiger partial charge in [-0.25, -0.2) is 0 Å². The van der Waals surface area contributed by atoms with Gasteiger partial charge in [0.1, 0.15) is 11.6 Å². The number of nitrogens with zero attached hydrogens (tertiary/aromatic N) is 3. The van der Waals surface area contributed by atoms with Crippen LogP contribution >= 0.6 is 0 Å². The number of hydrogen-bond donors (Lipinski definition) is 0. The maximum Gasteiger partial charge on any atom is 0.129 e. The molecule has 4 heteroatoms. The van der Waals surface area contributed by atoms with E-state index in [9.17, 15) is 0 Å². The van der Waals surface area contributed by atoms with Gasteiger partial charge in [-0.2, -0.15) is 0 Å². The molecule has 0 aliphatic rings. The summed E-state index contributed by atoms with van der Waals surface area (Å²) >= 11 is 0. The first-order chi connectivity index (χ1) is 4.25. The molecular weight excluding hydrogens is 165 g/mol. The van der Waals surface area contributed by atoms with Crippen molar-refractivity contribution in [3.63, 3.8) is 0 Å². The van der Waals surface area contributed by atoms with Gasteiger partial charge in [-0.3, -0.25) is 0 Å². The van der Waals surface area contributed by atoms with E-state index in [0.29, 0.717) is 0 Å². The van der Waals surface area contributed by atoms with Crippen LogP contribution in [0.15, 0.2) is 0 Å². The Morgan fingerprint density at radius 1 is 1.20 bits per heavy atom. The third-order valence-electron chi connectivity index (χ3n) is 1.44. The molecule has 1 aromatic heterocycles. The van der Waals surface area contributed by atoms with E-state index in [1.807, 2.05) is 13.8 Å². The molecule has 1 radical (unpaired) electrons. The largest absolute Gasteiger partial charge is 0.316 e. The quantitative estimate of drug-likeness (QED) is 0.636. The van der Waals surface area contributed by atoms with Crippen LogP contribution in [0.4, 0.5) is 0 Å². The zero-order valence-electron chi connectivity index (χ0n) is 6.50. The Kier molecular flexibility index (Phi) is 3.68. The number of hydrogen-bond acceptors (Lipinski definition) is 2. The van der Waals surface area contributed by atoms with Crippen LogP contribution in [0.3, 0.4) is 0 Å². The van der Waals surface area contributed by atoms with Crippen molar-refractivity contribution in [3.8, 4) is 0 Å². The average molecular weight is 176 g/mol. The number of aryl methyl sites for hydroxylation is 2. The molecule has 0 aromatic carbocycles. The smallest absolute Gasteiger partial charge is 0.129 e. The Balaban J connectivity index is 0.000000810. The van der Waals surface area contributed by atoms with Crippen LogP contribution in [0, 0.1) is 13.8 Å². The molecule has 0 saturated carbocycles. The molecule has 0 atom stereocenters. The van der Waals surface area contributed by atoms with Crippen molar-refractivity contribution in [2.75, 3.05) is 0 Å². The Labute approximate surface area is 72.7 Å². The fourth-order valence-corrected chi connectivity index (χ4v) is 0.945. The van der Waals surface area contributed by atoms with Crippen molar-refractivity contribution in [3.05, 3.63) is 11.6 Å². The zero-order valence-corrected chi connectivity index (χ0v) is 7.89. The van der Waals surface area contributed by atoms with Gasteiger partial charge in [0.25, 0.3) is 0 Å². The maximum absolute atomic E-state index is 3.90. The topological polar surface area (TPSA) is 30.7 Å². The van der Waals surface area contributed by atoms with E-state index in [0.717, 1.165) is 18.2 Å². The van der Waals surface area contributed by atoms with Crippen molar-refractivity contribution in [1.29, 1.82) is 0 Å². The molecule has 1 rings (SSSR count). The van der Waals surface area contributed by atoms with Gasteiger partial charge < -0.3 is 4.57 Å². The molecule has 0 bridgehead atoms. The van der Waals surface area contributed by atoms with E-state index < -0.39 is 0 Å². The Hall–Kier alpha value is -0.276. The van der Waals surface area contributed by atoms with Crippen molar-refractivity contribution in [2.24, 2.45) is 0 Å². The van der Waals surface area contributed by atoms with Gasteiger partial charge in [-0.1, -0.05) is 0 Å². The summed E-state index contributed by atoms with van der Waals surface area (Å²) in [5.41, 5.74) is 0. The standard InChI is InChI=1S/C6H11N3.V/c1-4-9-5(2)7-8-6(9)3;/h4H2,1-3H3;. The molecule has 0 fully saturated rings. The third kappa shape index (κ3) is 1.61. The fourth-order valence-electron chi connectivity index (χ4n) is 0.945. The second-order valence-corrected chi connectivity index (χ2v) is 2.04. The summed E-state index contributed by atoms with van der Waals surface area (Å²) < 4.78 is 2.07. The Morgan fingerprint density at radius 2 is 1.60 bits per heavy atom. The zero-order chi connectivity index (χ0) is 6.85. The molecule has 1 heterocycles. The van der Waals surface area contributed by atoms with Gasteiger partial charge in [-0.15, -0.1) is 10.2 Å². The van der Waals surface area contributed by atoms with Crippen molar-refractivity contribution in [2.45, 2.75) is 27.3 Å². The summed E-state index contributed by atoms with van der Waals surface area (Å²) in [6.45, 7) is 6.97. The molecule has 0 spiro atoms. The average Bonchev–Trinajstić information content (AvgIpc) is 2.12. The summed E-state index contributed by atoms with van der Waals surface area (Å²) in [4.78, 5) is 0. The van der Waals surface area contributed by atoms with Crippen LogP contribution in [-0.2, 0) is 25.1 Å². The van der Waals surface area contributed by atoms with Crippen molar-refractivity contribution < 1.29 is 18.6 Å². The van der Waals surface area contributed by atoms with Crippen LogP contribution < -0.4 is 0 Å². The van der Waals surface area contributed by atoms with Gasteiger partial charge in [-0.05, 0) is 20.8 Å². The molecule has 55 valence electrons. The summed E-state index contributed by atoms with van der Waals surface area (Å²) in [6, 6.07) is 0. The summed E-state index contributed by atoms with van der Waals surface area (Å²) in [7, 11) is 0. The fraction of sp³-hybridized carbons (Fsp3) is 0.667. The van der Waals surface area contributed by atoms with E-state index in [-0.39, 0.29) is 18.6 Å². The van der Waals surface area contributed by atoms with Crippen LogP contribution in [0.25, 0.3) is 0 Å². The van der Waals surface area contributed by atoms with Crippen molar-refractivity contribution in [1.82, 2.24) is 14.8 Å². The molecular formula is C6H11N3V. The molecule has 0 amide bonds. The van der Waals surface area contributed by atoms with E-state index >= 15 is 0 Å². The number of rotatable bonds is 1. The van der Waals surface area contributed by atoms with Gasteiger partial charge >= 0.3 is 0 Å². The molecule has 0 saturated heterocycles. The molecule has 0 aliphatic heterocycles. The summed E-state index contributed by atoms with van der Waals surface area (Å²) in [5.74, 6) is 1.99. The van der Waals surface area contributed by atoms with E-state index in [1.54, 1.807) is 0 Å². The first-order valence-corrected chi connectivity index (χ1v) is 3.12. The Bertz CT molecular complexity index is 187. The molecule has 0 N–H and O–H groups in total. The third-order valence-corrected chi connectivity index (χ3v) is 1.44. The normalized spacial score (nSPS) is 9.10. The van der Waals surface area contributed by atoms with E-state index in [2.05, 4.69) is 21.7 Å². The second kappa shape index (κ2) is 3.79. The molecule has 0 aliphatic carbocycles. The number of aromatic nitrogens is 3. The summed E-state index contributed by atoms with van der Waals surface area (Å²) in [5, 5.41) is 7.80. The first-order valence-electron chi connectivity index (χ1n) is 3.12.